The average Bonchev–Trinajstić information content (AvgIpc) is 2.30. The van der Waals surface area contributed by atoms with E-state index in [2.05, 4.69) is 28.2 Å². The van der Waals surface area contributed by atoms with Crippen molar-refractivity contribution in [2.75, 3.05) is 11.9 Å². The zero-order valence-electron chi connectivity index (χ0n) is 10.00. The molecule has 0 bridgehead atoms. The second-order valence-corrected chi connectivity index (χ2v) is 4.70. The molecule has 0 aliphatic rings. The van der Waals surface area contributed by atoms with Crippen molar-refractivity contribution < 1.29 is 4.79 Å². The Bertz CT molecular complexity index is 385. The summed E-state index contributed by atoms with van der Waals surface area (Å²) in [5.74, 6) is -0.187. The number of carbonyl (C=O) groups is 1. The van der Waals surface area contributed by atoms with Crippen LogP contribution in [0.3, 0.4) is 0 Å². The Kier molecular flexibility index (Phi) is 7.43. The van der Waals surface area contributed by atoms with E-state index in [9.17, 15) is 4.79 Å². The summed E-state index contributed by atoms with van der Waals surface area (Å²) >= 11 is 3.41. The van der Waals surface area contributed by atoms with Crippen LogP contribution >= 0.6 is 28.3 Å². The predicted octanol–water partition coefficient (Wildman–Crippen LogP) is 2.97. The fourth-order valence-corrected chi connectivity index (χ4v) is 1.75. The molecule has 1 aromatic carbocycles. The summed E-state index contributed by atoms with van der Waals surface area (Å²) in [6.07, 6.45) is 0.881. The van der Waals surface area contributed by atoms with Crippen LogP contribution in [0.5, 0.6) is 0 Å². The smallest absolute Gasteiger partial charge is 0.228 e. The van der Waals surface area contributed by atoms with Crippen LogP contribution in [0, 0.1) is 5.92 Å². The minimum absolute atomic E-state index is 0. The van der Waals surface area contributed by atoms with Crippen molar-refractivity contribution in [1.82, 2.24) is 0 Å². The predicted molar refractivity (Wildman–Crippen MR) is 77.6 cm³/mol. The Balaban J connectivity index is 0.00000256. The van der Waals surface area contributed by atoms with Gasteiger partial charge in [-0.05, 0) is 30.2 Å². The quantitative estimate of drug-likeness (QED) is 0.896. The molecule has 0 heterocycles. The van der Waals surface area contributed by atoms with Crippen molar-refractivity contribution >= 4 is 39.9 Å². The maximum absolute atomic E-state index is 11.7. The summed E-state index contributed by atoms with van der Waals surface area (Å²) < 4.78 is 1.02. The van der Waals surface area contributed by atoms with Gasteiger partial charge in [-0.15, -0.1) is 12.4 Å². The first-order chi connectivity index (χ1) is 7.58. The van der Waals surface area contributed by atoms with Gasteiger partial charge in [0.2, 0.25) is 5.91 Å². The van der Waals surface area contributed by atoms with Gasteiger partial charge in [-0.1, -0.05) is 29.8 Å². The highest BCUT2D eigenvalue weighted by Crippen LogP contribution is 2.21. The van der Waals surface area contributed by atoms with Gasteiger partial charge in [-0.3, -0.25) is 4.79 Å². The maximum atomic E-state index is 11.7. The first-order valence-electron chi connectivity index (χ1n) is 5.37. The molecule has 0 saturated carbocycles. The number of anilines is 1. The zero-order chi connectivity index (χ0) is 12.1. The molecule has 0 aliphatic carbocycles. The van der Waals surface area contributed by atoms with E-state index in [-0.39, 0.29) is 24.2 Å². The Hall–Kier alpha value is -0.580. The van der Waals surface area contributed by atoms with E-state index in [1.807, 2.05) is 25.1 Å². The number of aryl methyl sites for hydroxylation is 1. The zero-order valence-corrected chi connectivity index (χ0v) is 12.4. The number of benzene rings is 1. The molecule has 96 valence electrons. The van der Waals surface area contributed by atoms with E-state index < -0.39 is 0 Å². The SMILES string of the molecule is CCc1cc(Br)ccc1NC(=O)C(C)CN.Cl. The van der Waals surface area contributed by atoms with Crippen molar-refractivity contribution in [3.63, 3.8) is 0 Å². The van der Waals surface area contributed by atoms with Crippen LogP contribution in [-0.2, 0) is 11.2 Å². The lowest BCUT2D eigenvalue weighted by atomic mass is 10.1. The van der Waals surface area contributed by atoms with Crippen LogP contribution in [0.15, 0.2) is 22.7 Å². The maximum Gasteiger partial charge on any atom is 0.228 e. The van der Waals surface area contributed by atoms with Crippen LogP contribution in [-0.4, -0.2) is 12.5 Å². The fourth-order valence-electron chi connectivity index (χ4n) is 1.34. The van der Waals surface area contributed by atoms with Crippen molar-refractivity contribution in [2.24, 2.45) is 11.7 Å². The van der Waals surface area contributed by atoms with Gasteiger partial charge >= 0.3 is 0 Å². The van der Waals surface area contributed by atoms with Gasteiger partial charge in [0.05, 0.1) is 0 Å². The third-order valence-corrected chi connectivity index (χ3v) is 3.00. The molecule has 17 heavy (non-hydrogen) atoms. The summed E-state index contributed by atoms with van der Waals surface area (Å²) in [7, 11) is 0. The number of nitrogens with two attached hydrogens (primary N) is 1. The lowest BCUT2D eigenvalue weighted by Gasteiger charge is -2.13. The molecule has 0 radical (unpaired) electrons. The first kappa shape index (κ1) is 16.4. The van der Waals surface area contributed by atoms with Gasteiger partial charge in [0.25, 0.3) is 0 Å². The number of nitrogens with one attached hydrogen (secondary N) is 1. The largest absolute Gasteiger partial charge is 0.330 e. The third kappa shape index (κ3) is 4.66. The molecule has 0 saturated heterocycles. The van der Waals surface area contributed by atoms with E-state index >= 15 is 0 Å². The van der Waals surface area contributed by atoms with Crippen molar-refractivity contribution in [1.29, 1.82) is 0 Å². The summed E-state index contributed by atoms with van der Waals surface area (Å²) in [6.45, 7) is 4.24. The summed E-state index contributed by atoms with van der Waals surface area (Å²) in [4.78, 5) is 11.7. The van der Waals surface area contributed by atoms with E-state index in [0.717, 1.165) is 22.1 Å². The Labute approximate surface area is 117 Å². The van der Waals surface area contributed by atoms with E-state index in [1.165, 1.54) is 0 Å². The Morgan fingerprint density at radius 3 is 2.71 bits per heavy atom. The van der Waals surface area contributed by atoms with Gasteiger partial charge in [0.15, 0.2) is 0 Å². The summed E-state index contributed by atoms with van der Waals surface area (Å²) in [6, 6.07) is 5.84. The third-order valence-electron chi connectivity index (χ3n) is 2.51. The number of rotatable bonds is 4. The average molecular weight is 322 g/mol. The number of hydrogen-bond donors (Lipinski definition) is 2. The highest BCUT2D eigenvalue weighted by atomic mass is 79.9. The molecule has 3 N–H and O–H groups in total. The standard InChI is InChI=1S/C12H17BrN2O.ClH/c1-3-9-6-10(13)4-5-11(9)15-12(16)8(2)7-14;/h4-6,8H,3,7,14H2,1-2H3,(H,15,16);1H. The van der Waals surface area contributed by atoms with Crippen LogP contribution in [0.2, 0.25) is 0 Å². The van der Waals surface area contributed by atoms with Gasteiger partial charge in [0.1, 0.15) is 0 Å². The molecule has 5 heteroatoms. The molecule has 1 rings (SSSR count). The Morgan fingerprint density at radius 2 is 2.18 bits per heavy atom. The second kappa shape index (κ2) is 7.69. The molecular formula is C12H18BrClN2O. The molecule has 1 atom stereocenters. The minimum atomic E-state index is -0.159. The molecule has 0 aliphatic heterocycles. The van der Waals surface area contributed by atoms with Crippen LogP contribution in [0.4, 0.5) is 5.69 Å². The van der Waals surface area contributed by atoms with E-state index in [0.29, 0.717) is 6.54 Å². The number of halogens is 2. The normalized spacial score (nSPS) is 11.5. The molecule has 0 spiro atoms. The van der Waals surface area contributed by atoms with Gasteiger partial charge in [-0.2, -0.15) is 0 Å². The molecule has 0 fully saturated rings. The molecule has 1 aromatic rings. The van der Waals surface area contributed by atoms with Crippen molar-refractivity contribution in [3.8, 4) is 0 Å². The van der Waals surface area contributed by atoms with E-state index in [4.69, 9.17) is 5.73 Å². The first-order valence-corrected chi connectivity index (χ1v) is 6.17. The number of carbonyl (C=O) groups excluding carboxylic acids is 1. The monoisotopic (exact) mass is 320 g/mol. The fraction of sp³-hybridized carbons (Fsp3) is 0.417. The van der Waals surface area contributed by atoms with Gasteiger partial charge < -0.3 is 11.1 Å². The van der Waals surface area contributed by atoms with Gasteiger partial charge in [-0.25, -0.2) is 0 Å². The lowest BCUT2D eigenvalue weighted by Crippen LogP contribution is -2.27. The molecular weight excluding hydrogens is 304 g/mol. The molecule has 0 aromatic heterocycles. The van der Waals surface area contributed by atoms with Crippen LogP contribution in [0.1, 0.15) is 19.4 Å². The van der Waals surface area contributed by atoms with Crippen molar-refractivity contribution in [3.05, 3.63) is 28.2 Å². The van der Waals surface area contributed by atoms with E-state index in [1.54, 1.807) is 0 Å². The van der Waals surface area contributed by atoms with Crippen LogP contribution < -0.4 is 11.1 Å². The van der Waals surface area contributed by atoms with Gasteiger partial charge in [0, 0.05) is 22.6 Å². The summed E-state index contributed by atoms with van der Waals surface area (Å²) in [5.41, 5.74) is 7.44. The Morgan fingerprint density at radius 1 is 1.53 bits per heavy atom. The summed E-state index contributed by atoms with van der Waals surface area (Å²) in [5, 5.41) is 2.90. The molecule has 3 nitrogen and oxygen atoms in total. The minimum Gasteiger partial charge on any atom is -0.330 e. The topological polar surface area (TPSA) is 55.1 Å². The number of amides is 1. The lowest BCUT2D eigenvalue weighted by molar-refractivity contribution is -0.119. The molecule has 1 amide bonds. The molecule has 1 unspecified atom stereocenters. The number of hydrogen-bond acceptors (Lipinski definition) is 2. The van der Waals surface area contributed by atoms with Crippen LogP contribution in [0.25, 0.3) is 0 Å². The second-order valence-electron chi connectivity index (χ2n) is 3.78. The van der Waals surface area contributed by atoms with Crippen molar-refractivity contribution in [2.45, 2.75) is 20.3 Å². The highest BCUT2D eigenvalue weighted by molar-refractivity contribution is 9.10. The highest BCUT2D eigenvalue weighted by Gasteiger charge is 2.12.